The molecule has 1 aromatic carbocycles. The van der Waals surface area contributed by atoms with E-state index in [4.69, 9.17) is 20.1 Å². The second-order valence-electron chi connectivity index (χ2n) is 4.76. The van der Waals surface area contributed by atoms with Crippen molar-refractivity contribution >= 4 is 0 Å². The topological polar surface area (TPSA) is 65.7 Å². The molecule has 0 bridgehead atoms. The first-order valence-electron chi connectivity index (χ1n) is 6.51. The molecule has 2 rings (SSSR count). The van der Waals surface area contributed by atoms with Gasteiger partial charge in [0.1, 0.15) is 0 Å². The summed E-state index contributed by atoms with van der Waals surface area (Å²) in [6, 6.07) is 3.96. The van der Waals surface area contributed by atoms with E-state index in [9.17, 15) is 0 Å². The summed E-state index contributed by atoms with van der Waals surface area (Å²) >= 11 is 0. The molecule has 1 aromatic rings. The molecule has 0 aliphatic heterocycles. The molecule has 0 aromatic heterocycles. The molecule has 0 saturated heterocycles. The van der Waals surface area contributed by atoms with Gasteiger partial charge in [0.25, 0.3) is 0 Å². The summed E-state index contributed by atoms with van der Waals surface area (Å²) in [7, 11) is 4.86. The van der Waals surface area contributed by atoms with Crippen LogP contribution in [-0.2, 0) is 0 Å². The van der Waals surface area contributed by atoms with Crippen molar-refractivity contribution < 1.29 is 14.2 Å². The maximum atomic E-state index is 5.72. The lowest BCUT2D eigenvalue weighted by molar-refractivity contribution is 0.226. The van der Waals surface area contributed by atoms with E-state index >= 15 is 0 Å². The third kappa shape index (κ3) is 2.48. The molecule has 19 heavy (non-hydrogen) atoms. The van der Waals surface area contributed by atoms with E-state index in [1.165, 1.54) is 19.3 Å². The second kappa shape index (κ2) is 6.12. The molecule has 1 saturated carbocycles. The highest BCUT2D eigenvalue weighted by molar-refractivity contribution is 5.56. The number of benzene rings is 1. The SMILES string of the molecule is COc1ccc(C(NN)C2CCC2)c(OC)c1OC. The van der Waals surface area contributed by atoms with Crippen molar-refractivity contribution in [1.29, 1.82) is 0 Å². The molecule has 106 valence electrons. The van der Waals surface area contributed by atoms with Crippen LogP contribution in [0.25, 0.3) is 0 Å². The highest BCUT2D eigenvalue weighted by Gasteiger charge is 2.31. The van der Waals surface area contributed by atoms with Gasteiger partial charge in [-0.2, -0.15) is 0 Å². The van der Waals surface area contributed by atoms with Crippen LogP contribution in [0.15, 0.2) is 12.1 Å². The maximum Gasteiger partial charge on any atom is 0.203 e. The lowest BCUT2D eigenvalue weighted by atomic mass is 9.77. The average molecular weight is 266 g/mol. The molecule has 5 nitrogen and oxygen atoms in total. The van der Waals surface area contributed by atoms with Crippen LogP contribution in [0.1, 0.15) is 30.9 Å². The van der Waals surface area contributed by atoms with Crippen LogP contribution < -0.4 is 25.5 Å². The van der Waals surface area contributed by atoms with Crippen LogP contribution in [-0.4, -0.2) is 21.3 Å². The first-order chi connectivity index (χ1) is 9.26. The van der Waals surface area contributed by atoms with Crippen LogP contribution in [0.5, 0.6) is 17.2 Å². The number of hydrazine groups is 1. The van der Waals surface area contributed by atoms with Crippen molar-refractivity contribution in [1.82, 2.24) is 5.43 Å². The minimum Gasteiger partial charge on any atom is -0.493 e. The van der Waals surface area contributed by atoms with Crippen molar-refractivity contribution in [3.05, 3.63) is 17.7 Å². The monoisotopic (exact) mass is 266 g/mol. The molecule has 0 amide bonds. The lowest BCUT2D eigenvalue weighted by Crippen LogP contribution is -2.36. The molecule has 1 atom stereocenters. The van der Waals surface area contributed by atoms with Gasteiger partial charge in [-0.15, -0.1) is 0 Å². The number of nitrogens with two attached hydrogens (primary N) is 1. The fourth-order valence-electron chi connectivity index (χ4n) is 2.62. The van der Waals surface area contributed by atoms with Crippen molar-refractivity contribution in [2.45, 2.75) is 25.3 Å². The van der Waals surface area contributed by atoms with E-state index in [1.54, 1.807) is 21.3 Å². The zero-order chi connectivity index (χ0) is 13.8. The van der Waals surface area contributed by atoms with Gasteiger partial charge < -0.3 is 14.2 Å². The van der Waals surface area contributed by atoms with E-state index in [0.717, 1.165) is 5.56 Å². The fraction of sp³-hybridized carbons (Fsp3) is 0.571. The zero-order valence-corrected chi connectivity index (χ0v) is 11.7. The predicted octanol–water partition coefficient (Wildman–Crippen LogP) is 2.02. The van der Waals surface area contributed by atoms with E-state index < -0.39 is 0 Å². The van der Waals surface area contributed by atoms with E-state index in [-0.39, 0.29) is 6.04 Å². The van der Waals surface area contributed by atoms with Crippen molar-refractivity contribution in [3.8, 4) is 17.2 Å². The summed E-state index contributed by atoms with van der Waals surface area (Å²) < 4.78 is 16.2. The molecule has 0 radical (unpaired) electrons. The van der Waals surface area contributed by atoms with Gasteiger partial charge in [-0.3, -0.25) is 11.3 Å². The average Bonchev–Trinajstić information content (AvgIpc) is 2.40. The number of hydrogen-bond donors (Lipinski definition) is 2. The molecular formula is C14H22N2O3. The van der Waals surface area contributed by atoms with Gasteiger partial charge in [0.2, 0.25) is 5.75 Å². The molecule has 1 aliphatic carbocycles. The Morgan fingerprint density at radius 3 is 2.21 bits per heavy atom. The maximum absolute atomic E-state index is 5.72. The molecule has 5 heteroatoms. The Kier molecular flexibility index (Phi) is 4.50. The van der Waals surface area contributed by atoms with Crippen LogP contribution in [0.2, 0.25) is 0 Å². The van der Waals surface area contributed by atoms with E-state index in [0.29, 0.717) is 23.2 Å². The molecule has 0 spiro atoms. The van der Waals surface area contributed by atoms with Crippen molar-refractivity contribution in [3.63, 3.8) is 0 Å². The molecule has 3 N–H and O–H groups in total. The smallest absolute Gasteiger partial charge is 0.203 e. The highest BCUT2D eigenvalue weighted by atomic mass is 16.5. The van der Waals surface area contributed by atoms with E-state index in [1.807, 2.05) is 12.1 Å². The summed E-state index contributed by atoms with van der Waals surface area (Å²) in [6.45, 7) is 0. The van der Waals surface area contributed by atoms with Gasteiger partial charge in [0.15, 0.2) is 11.5 Å². The van der Waals surface area contributed by atoms with Crippen LogP contribution in [0, 0.1) is 5.92 Å². The number of rotatable bonds is 6. The second-order valence-corrected chi connectivity index (χ2v) is 4.76. The van der Waals surface area contributed by atoms with E-state index in [2.05, 4.69) is 5.43 Å². The molecule has 0 heterocycles. The summed E-state index contributed by atoms with van der Waals surface area (Å²) in [4.78, 5) is 0. The lowest BCUT2D eigenvalue weighted by Gasteiger charge is -2.34. The van der Waals surface area contributed by atoms with Gasteiger partial charge in [0.05, 0.1) is 27.4 Å². The number of methoxy groups -OCH3 is 3. The van der Waals surface area contributed by atoms with Crippen LogP contribution in [0.3, 0.4) is 0 Å². The van der Waals surface area contributed by atoms with Gasteiger partial charge in [-0.05, 0) is 30.9 Å². The van der Waals surface area contributed by atoms with Crippen LogP contribution in [0.4, 0.5) is 0 Å². The summed E-state index contributed by atoms with van der Waals surface area (Å²) in [5.41, 5.74) is 3.93. The number of hydrogen-bond acceptors (Lipinski definition) is 5. The first-order valence-corrected chi connectivity index (χ1v) is 6.51. The quantitative estimate of drug-likeness (QED) is 0.609. The Morgan fingerprint density at radius 1 is 1.11 bits per heavy atom. The Labute approximate surface area is 114 Å². The Balaban J connectivity index is 2.43. The van der Waals surface area contributed by atoms with Gasteiger partial charge >= 0.3 is 0 Å². The zero-order valence-electron chi connectivity index (χ0n) is 11.7. The minimum absolute atomic E-state index is 0.0866. The normalized spacial score (nSPS) is 16.6. The Hall–Kier alpha value is -1.46. The van der Waals surface area contributed by atoms with Gasteiger partial charge in [-0.25, -0.2) is 0 Å². The van der Waals surface area contributed by atoms with Gasteiger partial charge in [0, 0.05) is 5.56 Å². The summed E-state index contributed by atoms with van der Waals surface area (Å²) in [6.07, 6.45) is 3.64. The third-order valence-electron chi connectivity index (χ3n) is 3.87. The minimum atomic E-state index is 0.0866. The van der Waals surface area contributed by atoms with Crippen molar-refractivity contribution in [2.24, 2.45) is 11.8 Å². The molecule has 1 fully saturated rings. The molecule has 1 unspecified atom stereocenters. The highest BCUT2D eigenvalue weighted by Crippen LogP contribution is 2.46. The number of nitrogens with one attached hydrogen (secondary N) is 1. The molecular weight excluding hydrogens is 244 g/mol. The Bertz CT molecular complexity index is 433. The Morgan fingerprint density at radius 2 is 1.79 bits per heavy atom. The number of ether oxygens (including phenoxy) is 3. The predicted molar refractivity (Wildman–Crippen MR) is 73.5 cm³/mol. The fourth-order valence-corrected chi connectivity index (χ4v) is 2.62. The summed E-state index contributed by atoms with van der Waals surface area (Å²) in [5, 5.41) is 0. The van der Waals surface area contributed by atoms with Gasteiger partial charge in [-0.1, -0.05) is 6.42 Å². The molecule has 1 aliphatic rings. The van der Waals surface area contributed by atoms with Crippen molar-refractivity contribution in [2.75, 3.05) is 21.3 Å². The van der Waals surface area contributed by atoms with Crippen LogP contribution >= 0.6 is 0 Å². The third-order valence-corrected chi connectivity index (χ3v) is 3.87. The standard InChI is InChI=1S/C14H22N2O3/c1-17-11-8-7-10(13(18-2)14(11)19-3)12(16-15)9-5-4-6-9/h7-9,12,16H,4-6,15H2,1-3H3. The first kappa shape index (κ1) is 14.0. The summed E-state index contributed by atoms with van der Waals surface area (Å²) in [5.74, 6) is 8.24. The largest absolute Gasteiger partial charge is 0.493 e.